The number of fused-ring (bicyclic) bond motifs is 1. The molecule has 174 valence electrons. The van der Waals surface area contributed by atoms with Gasteiger partial charge in [0.2, 0.25) is 5.91 Å². The minimum atomic E-state index is -0.203. The summed E-state index contributed by atoms with van der Waals surface area (Å²) >= 11 is 0. The van der Waals surface area contributed by atoms with Crippen molar-refractivity contribution >= 4 is 22.6 Å². The monoisotopic (exact) mass is 448 g/mol. The van der Waals surface area contributed by atoms with Crippen LogP contribution in [0.25, 0.3) is 10.9 Å². The van der Waals surface area contributed by atoms with Crippen LogP contribution in [0.4, 0.5) is 10.2 Å². The van der Waals surface area contributed by atoms with Crippen LogP contribution in [0.5, 0.6) is 0 Å². The fourth-order valence-electron chi connectivity index (χ4n) is 5.59. The van der Waals surface area contributed by atoms with Gasteiger partial charge in [0, 0.05) is 42.3 Å². The van der Waals surface area contributed by atoms with Crippen LogP contribution in [-0.2, 0) is 4.79 Å². The van der Waals surface area contributed by atoms with Crippen molar-refractivity contribution < 1.29 is 9.18 Å². The molecule has 0 radical (unpaired) electrons. The minimum absolute atomic E-state index is 0.137. The van der Waals surface area contributed by atoms with Crippen molar-refractivity contribution in [1.29, 1.82) is 0 Å². The van der Waals surface area contributed by atoms with Crippen LogP contribution in [0, 0.1) is 11.7 Å². The summed E-state index contributed by atoms with van der Waals surface area (Å²) in [5, 5.41) is 1.13. The third-order valence-electron chi connectivity index (χ3n) is 7.49. The van der Waals surface area contributed by atoms with Crippen molar-refractivity contribution in [1.82, 2.24) is 14.9 Å². The molecule has 5 rings (SSSR count). The SMILES string of the molecule is O=C(C1CCCCC1)N(CCN1CCC(c2c[nH]c3cc(F)ccc23)CC1)c1ccccn1. The van der Waals surface area contributed by atoms with Gasteiger partial charge in [-0.25, -0.2) is 9.37 Å². The number of aromatic amines is 1. The lowest BCUT2D eigenvalue weighted by molar-refractivity contribution is -0.123. The van der Waals surface area contributed by atoms with E-state index in [4.69, 9.17) is 0 Å². The van der Waals surface area contributed by atoms with E-state index in [-0.39, 0.29) is 17.6 Å². The Hall–Kier alpha value is -2.73. The molecule has 1 aliphatic carbocycles. The number of carbonyl (C=O) groups excluding carboxylic acids is 1. The molecule has 33 heavy (non-hydrogen) atoms. The van der Waals surface area contributed by atoms with Gasteiger partial charge in [0.05, 0.1) is 0 Å². The Balaban J connectivity index is 1.21. The first kappa shape index (κ1) is 22.1. The first-order valence-electron chi connectivity index (χ1n) is 12.4. The molecular formula is C27H33FN4O. The van der Waals surface area contributed by atoms with Gasteiger partial charge in [-0.2, -0.15) is 0 Å². The molecule has 3 aromatic rings. The number of H-pyrrole nitrogens is 1. The molecule has 1 amide bonds. The number of hydrogen-bond acceptors (Lipinski definition) is 3. The smallest absolute Gasteiger partial charge is 0.231 e. The van der Waals surface area contributed by atoms with Gasteiger partial charge in [-0.3, -0.25) is 9.69 Å². The number of pyridine rings is 1. The Morgan fingerprint density at radius 1 is 1.09 bits per heavy atom. The number of rotatable bonds is 6. The molecule has 1 N–H and O–H groups in total. The molecule has 1 aromatic carbocycles. The predicted molar refractivity (Wildman–Crippen MR) is 130 cm³/mol. The van der Waals surface area contributed by atoms with Gasteiger partial charge in [0.15, 0.2) is 0 Å². The number of anilines is 1. The lowest BCUT2D eigenvalue weighted by atomic mass is 9.88. The van der Waals surface area contributed by atoms with Crippen molar-refractivity contribution in [3.8, 4) is 0 Å². The van der Waals surface area contributed by atoms with Crippen LogP contribution in [0.15, 0.2) is 48.8 Å². The molecule has 3 heterocycles. The number of piperidine rings is 1. The van der Waals surface area contributed by atoms with Gasteiger partial charge in [-0.05, 0) is 80.6 Å². The number of aromatic nitrogens is 2. The number of nitrogens with one attached hydrogen (secondary N) is 1. The van der Waals surface area contributed by atoms with E-state index in [1.807, 2.05) is 29.2 Å². The van der Waals surface area contributed by atoms with Crippen LogP contribution in [0.3, 0.4) is 0 Å². The van der Waals surface area contributed by atoms with Gasteiger partial charge < -0.3 is 9.88 Å². The summed E-state index contributed by atoms with van der Waals surface area (Å²) in [6.07, 6.45) is 11.5. The van der Waals surface area contributed by atoms with Crippen LogP contribution in [-0.4, -0.2) is 47.0 Å². The van der Waals surface area contributed by atoms with E-state index in [0.29, 0.717) is 12.5 Å². The van der Waals surface area contributed by atoms with Crippen molar-refractivity contribution in [2.75, 3.05) is 31.1 Å². The number of nitrogens with zero attached hydrogens (tertiary/aromatic N) is 3. The summed E-state index contributed by atoms with van der Waals surface area (Å²) < 4.78 is 13.5. The van der Waals surface area contributed by atoms with Crippen LogP contribution < -0.4 is 4.90 Å². The average Bonchev–Trinajstić information content (AvgIpc) is 3.28. The average molecular weight is 449 g/mol. The quantitative estimate of drug-likeness (QED) is 0.542. The Morgan fingerprint density at radius 3 is 2.67 bits per heavy atom. The number of amides is 1. The molecule has 6 heteroatoms. The molecule has 5 nitrogen and oxygen atoms in total. The molecule has 2 aliphatic rings. The summed E-state index contributed by atoms with van der Waals surface area (Å²) in [7, 11) is 0. The highest BCUT2D eigenvalue weighted by molar-refractivity contribution is 5.94. The summed E-state index contributed by atoms with van der Waals surface area (Å²) in [5.41, 5.74) is 2.17. The molecule has 1 saturated carbocycles. The van der Waals surface area contributed by atoms with E-state index in [1.54, 1.807) is 18.3 Å². The maximum atomic E-state index is 13.5. The molecule has 0 bridgehead atoms. The summed E-state index contributed by atoms with van der Waals surface area (Å²) in [6.45, 7) is 3.56. The number of benzene rings is 1. The second kappa shape index (κ2) is 10.0. The van der Waals surface area contributed by atoms with Crippen molar-refractivity contribution in [2.45, 2.75) is 50.9 Å². The summed E-state index contributed by atoms with van der Waals surface area (Å²) in [6, 6.07) is 10.8. The van der Waals surface area contributed by atoms with Gasteiger partial charge in [-0.15, -0.1) is 0 Å². The normalized spacial score (nSPS) is 18.6. The molecule has 2 aromatic heterocycles. The number of carbonyl (C=O) groups is 1. The molecular weight excluding hydrogens is 415 g/mol. The van der Waals surface area contributed by atoms with E-state index in [2.05, 4.69) is 21.1 Å². The summed E-state index contributed by atoms with van der Waals surface area (Å²) in [5.74, 6) is 1.43. The van der Waals surface area contributed by atoms with E-state index in [9.17, 15) is 9.18 Å². The maximum absolute atomic E-state index is 13.5. The Bertz CT molecular complexity index is 1070. The third kappa shape index (κ3) is 4.96. The summed E-state index contributed by atoms with van der Waals surface area (Å²) in [4.78, 5) is 25.5. The molecule has 0 unspecified atom stereocenters. The van der Waals surface area contributed by atoms with Gasteiger partial charge in [0.25, 0.3) is 0 Å². The highest BCUT2D eigenvalue weighted by Gasteiger charge is 2.29. The predicted octanol–water partition coefficient (Wildman–Crippen LogP) is 5.49. The second-order valence-electron chi connectivity index (χ2n) is 9.56. The lowest BCUT2D eigenvalue weighted by Gasteiger charge is -2.34. The largest absolute Gasteiger partial charge is 0.361 e. The minimum Gasteiger partial charge on any atom is -0.361 e. The first-order valence-corrected chi connectivity index (χ1v) is 12.4. The highest BCUT2D eigenvalue weighted by atomic mass is 19.1. The topological polar surface area (TPSA) is 52.2 Å². The zero-order chi connectivity index (χ0) is 22.6. The van der Waals surface area contributed by atoms with Crippen molar-refractivity contribution in [3.63, 3.8) is 0 Å². The van der Waals surface area contributed by atoms with E-state index in [0.717, 1.165) is 74.9 Å². The zero-order valence-electron chi connectivity index (χ0n) is 19.2. The van der Waals surface area contributed by atoms with Crippen LogP contribution in [0.2, 0.25) is 0 Å². The van der Waals surface area contributed by atoms with Gasteiger partial charge >= 0.3 is 0 Å². The molecule has 0 spiro atoms. The zero-order valence-corrected chi connectivity index (χ0v) is 19.2. The Morgan fingerprint density at radius 2 is 1.91 bits per heavy atom. The van der Waals surface area contributed by atoms with E-state index >= 15 is 0 Å². The van der Waals surface area contributed by atoms with Gasteiger partial charge in [0.1, 0.15) is 11.6 Å². The van der Waals surface area contributed by atoms with Crippen LogP contribution in [0.1, 0.15) is 56.4 Å². The van der Waals surface area contributed by atoms with E-state index in [1.165, 1.54) is 12.0 Å². The van der Waals surface area contributed by atoms with Crippen molar-refractivity contribution in [2.24, 2.45) is 5.92 Å². The van der Waals surface area contributed by atoms with Crippen LogP contribution >= 0.6 is 0 Å². The molecule has 0 atom stereocenters. The number of halogens is 1. The lowest BCUT2D eigenvalue weighted by Crippen LogP contribution is -2.44. The van der Waals surface area contributed by atoms with E-state index < -0.39 is 0 Å². The first-order chi connectivity index (χ1) is 16.2. The fraction of sp³-hybridized carbons (Fsp3) is 0.481. The Kier molecular flexibility index (Phi) is 6.72. The highest BCUT2D eigenvalue weighted by Crippen LogP contribution is 2.33. The molecule has 2 fully saturated rings. The number of likely N-dealkylation sites (tertiary alicyclic amines) is 1. The maximum Gasteiger partial charge on any atom is 0.231 e. The fourth-order valence-corrected chi connectivity index (χ4v) is 5.59. The number of hydrogen-bond donors (Lipinski definition) is 1. The van der Waals surface area contributed by atoms with Crippen molar-refractivity contribution in [3.05, 3.63) is 60.2 Å². The third-order valence-corrected chi connectivity index (χ3v) is 7.49. The second-order valence-corrected chi connectivity index (χ2v) is 9.56. The standard InChI is InChI=1S/C27H33FN4O/c28-22-9-10-23-24(19-30-25(23)18-22)20-11-14-31(15-12-20)16-17-32(26-8-4-5-13-29-26)27(33)21-6-2-1-3-7-21/h4-5,8-10,13,18-21,30H,1-3,6-7,11-12,14-17H2. The molecule has 1 aliphatic heterocycles. The Labute approximate surface area is 195 Å². The van der Waals surface area contributed by atoms with Gasteiger partial charge in [-0.1, -0.05) is 25.3 Å². The molecule has 1 saturated heterocycles.